The third-order valence-corrected chi connectivity index (χ3v) is 9.03. The van der Waals surface area contributed by atoms with Crippen molar-refractivity contribution < 1.29 is 53.2 Å². The number of ether oxygens (including phenoxy) is 3. The van der Waals surface area contributed by atoms with Crippen molar-refractivity contribution in [3.63, 3.8) is 0 Å². The Hall–Kier alpha value is -5.43. The second kappa shape index (κ2) is 21.8. The number of hydrogen-bond acceptors (Lipinski definition) is 14. The van der Waals surface area contributed by atoms with E-state index in [-0.39, 0.29) is 71.7 Å². The third-order valence-electron chi connectivity index (χ3n) is 9.03. The Morgan fingerprint density at radius 1 is 0.860 bits per heavy atom. The molecule has 1 aliphatic rings. The predicted octanol–water partition coefficient (Wildman–Crippen LogP) is 1.22. The number of rotatable bonds is 22. The highest BCUT2D eigenvalue weighted by molar-refractivity contribution is 5.96. The monoisotopic (exact) mass is 792 g/mol. The molecule has 0 aliphatic heterocycles. The molecule has 0 fully saturated rings. The van der Waals surface area contributed by atoms with Gasteiger partial charge in [-0.1, -0.05) is 54.6 Å². The molecule has 17 nitrogen and oxygen atoms in total. The molecule has 17 heteroatoms. The van der Waals surface area contributed by atoms with Gasteiger partial charge < -0.3 is 45.2 Å². The summed E-state index contributed by atoms with van der Waals surface area (Å²) in [6.45, 7) is 4.79. The van der Waals surface area contributed by atoms with E-state index < -0.39 is 41.6 Å². The largest absolute Gasteiger partial charge is 0.465 e. The number of alkyl carbamates (subject to hydrolysis) is 1. The van der Waals surface area contributed by atoms with Crippen molar-refractivity contribution in [2.24, 2.45) is 5.90 Å². The first-order valence-corrected chi connectivity index (χ1v) is 18.5. The van der Waals surface area contributed by atoms with Crippen LogP contribution in [-0.2, 0) is 40.0 Å². The summed E-state index contributed by atoms with van der Waals surface area (Å²) >= 11 is 0. The van der Waals surface area contributed by atoms with E-state index in [9.17, 15) is 34.2 Å². The fourth-order valence-corrected chi connectivity index (χ4v) is 6.17. The maximum absolute atomic E-state index is 13.1. The molecule has 0 heterocycles. The highest BCUT2D eigenvalue weighted by Crippen LogP contribution is 2.46. The lowest BCUT2D eigenvalue weighted by Gasteiger charge is -2.27. The summed E-state index contributed by atoms with van der Waals surface area (Å²) in [6, 6.07) is 19.8. The van der Waals surface area contributed by atoms with Crippen molar-refractivity contribution in [1.82, 2.24) is 26.2 Å². The minimum absolute atomic E-state index is 0.0108. The van der Waals surface area contributed by atoms with Crippen molar-refractivity contribution in [2.45, 2.75) is 45.1 Å². The molecule has 3 aromatic rings. The highest BCUT2D eigenvalue weighted by Gasteiger charge is 2.33. The van der Waals surface area contributed by atoms with Gasteiger partial charge in [0.25, 0.3) is 5.91 Å². The summed E-state index contributed by atoms with van der Waals surface area (Å²) in [5.41, 5.74) is 3.56. The minimum Gasteiger partial charge on any atom is -0.465 e. The van der Waals surface area contributed by atoms with Crippen molar-refractivity contribution in [2.75, 3.05) is 65.7 Å². The van der Waals surface area contributed by atoms with Crippen LogP contribution in [0, 0.1) is 0 Å². The number of aliphatic hydroxyl groups is 2. The quantitative estimate of drug-likeness (QED) is 0.0249. The minimum atomic E-state index is -1.34. The molecule has 8 N–H and O–H groups in total. The van der Waals surface area contributed by atoms with Crippen LogP contribution < -0.4 is 27.2 Å². The molecule has 0 saturated heterocycles. The van der Waals surface area contributed by atoms with Gasteiger partial charge in [0.1, 0.15) is 31.6 Å². The van der Waals surface area contributed by atoms with Crippen LogP contribution >= 0.6 is 0 Å². The molecular weight excluding hydrogens is 740 g/mol. The SMILES string of the molecule is CC(=O)OCCN(CCNC(=O)OCC1c2cc(C(=O)NCCO)ccc2-c2ccc(C(O)NCCON)cc21)CC(=O)NC(C)(C)C(=O)OCc1ccccc1. The Morgan fingerprint density at radius 2 is 1.58 bits per heavy atom. The lowest BCUT2D eigenvalue weighted by Crippen LogP contribution is -2.53. The molecule has 0 radical (unpaired) electrons. The van der Waals surface area contributed by atoms with Crippen LogP contribution in [0.5, 0.6) is 0 Å². The number of carbonyl (C=O) groups excluding carboxylic acids is 5. The average Bonchev–Trinajstić information content (AvgIpc) is 3.49. The molecular formula is C40H52N6O11. The van der Waals surface area contributed by atoms with Crippen LogP contribution in [0.4, 0.5) is 4.79 Å². The summed E-state index contributed by atoms with van der Waals surface area (Å²) in [7, 11) is 0. The van der Waals surface area contributed by atoms with Crippen LogP contribution in [0.15, 0.2) is 66.7 Å². The number of fused-ring (bicyclic) bond motifs is 3. The number of hydrogen-bond donors (Lipinski definition) is 7. The fourth-order valence-electron chi connectivity index (χ4n) is 6.17. The van der Waals surface area contributed by atoms with E-state index in [1.807, 2.05) is 48.5 Å². The van der Waals surface area contributed by atoms with Crippen molar-refractivity contribution >= 4 is 29.8 Å². The van der Waals surface area contributed by atoms with Gasteiger partial charge in [0.15, 0.2) is 0 Å². The zero-order valence-electron chi connectivity index (χ0n) is 32.4. The Bertz CT molecular complexity index is 1840. The van der Waals surface area contributed by atoms with E-state index in [1.165, 1.54) is 20.8 Å². The summed E-state index contributed by atoms with van der Waals surface area (Å²) in [4.78, 5) is 69.4. The molecule has 57 heavy (non-hydrogen) atoms. The second-order valence-electron chi connectivity index (χ2n) is 13.8. The van der Waals surface area contributed by atoms with Gasteiger partial charge in [0.05, 0.1) is 19.8 Å². The Balaban J connectivity index is 1.39. The molecule has 308 valence electrons. The highest BCUT2D eigenvalue weighted by atomic mass is 16.6. The van der Waals surface area contributed by atoms with Crippen LogP contribution in [-0.4, -0.2) is 116 Å². The molecule has 0 bridgehead atoms. The Kier molecular flexibility index (Phi) is 16.9. The van der Waals surface area contributed by atoms with Crippen molar-refractivity contribution in [1.29, 1.82) is 0 Å². The number of aliphatic hydroxyl groups excluding tert-OH is 2. The third kappa shape index (κ3) is 13.3. The number of nitrogens with one attached hydrogen (secondary N) is 4. The van der Waals surface area contributed by atoms with E-state index in [4.69, 9.17) is 20.1 Å². The smallest absolute Gasteiger partial charge is 0.407 e. The first kappa shape index (κ1) is 44.3. The molecule has 2 atom stereocenters. The van der Waals surface area contributed by atoms with Crippen LogP contribution in [0.1, 0.15) is 65.5 Å². The molecule has 0 saturated carbocycles. The standard InChI is InChI=1S/C40H52N6O11/c1-26(48)54-20-17-46(23-35(49)45-40(2,3)38(52)55-24-27-7-5-4-6-8-27)16-13-44-39(53)56-25-34-32-21-28(36(50)42-14-18-47)9-11-30(32)31-12-10-29(22-33(31)34)37(51)43-15-19-57-41/h4-12,21-22,34,37,43,47,51H,13-20,23-25,41H2,1-3H3,(H,42,50)(H,44,53)(H,45,49). The normalized spacial score (nSPS) is 13.6. The molecule has 3 amide bonds. The zero-order valence-corrected chi connectivity index (χ0v) is 32.4. The van der Waals surface area contributed by atoms with Gasteiger partial charge in [-0.2, -0.15) is 0 Å². The lowest BCUT2D eigenvalue weighted by molar-refractivity contribution is -0.153. The summed E-state index contributed by atoms with van der Waals surface area (Å²) < 4.78 is 16.2. The van der Waals surface area contributed by atoms with Crippen LogP contribution in [0.3, 0.4) is 0 Å². The summed E-state index contributed by atoms with van der Waals surface area (Å²) in [5.74, 6) is 2.63. The maximum atomic E-state index is 13.1. The van der Waals surface area contributed by atoms with Gasteiger partial charge in [-0.15, -0.1) is 0 Å². The fraction of sp³-hybridized carbons (Fsp3) is 0.425. The van der Waals surface area contributed by atoms with E-state index in [0.29, 0.717) is 17.7 Å². The molecule has 1 aliphatic carbocycles. The first-order chi connectivity index (χ1) is 27.3. The van der Waals surface area contributed by atoms with Gasteiger partial charge in [0, 0.05) is 51.1 Å². The van der Waals surface area contributed by atoms with Gasteiger partial charge in [-0.05, 0) is 59.4 Å². The van der Waals surface area contributed by atoms with Crippen molar-refractivity contribution in [3.8, 4) is 11.1 Å². The number of benzene rings is 3. The number of nitrogens with two attached hydrogens (primary N) is 1. The lowest BCUT2D eigenvalue weighted by atomic mass is 9.95. The van der Waals surface area contributed by atoms with E-state index >= 15 is 0 Å². The molecule has 0 aromatic heterocycles. The molecule has 2 unspecified atom stereocenters. The maximum Gasteiger partial charge on any atom is 0.407 e. The van der Waals surface area contributed by atoms with E-state index in [0.717, 1.165) is 27.8 Å². The topological polar surface area (TPSA) is 240 Å². The molecule has 0 spiro atoms. The van der Waals surface area contributed by atoms with Crippen LogP contribution in [0.25, 0.3) is 11.1 Å². The zero-order chi connectivity index (χ0) is 41.4. The Morgan fingerprint density at radius 3 is 2.28 bits per heavy atom. The number of amides is 3. The van der Waals surface area contributed by atoms with Gasteiger partial charge >= 0.3 is 18.0 Å². The summed E-state index contributed by atoms with van der Waals surface area (Å²) in [5, 5.41) is 30.9. The average molecular weight is 793 g/mol. The van der Waals surface area contributed by atoms with E-state index in [1.54, 1.807) is 23.1 Å². The second-order valence-corrected chi connectivity index (χ2v) is 13.8. The molecule has 3 aromatic carbocycles. The predicted molar refractivity (Wildman–Crippen MR) is 207 cm³/mol. The number of carbonyl (C=O) groups is 5. The van der Waals surface area contributed by atoms with E-state index in [2.05, 4.69) is 26.1 Å². The van der Waals surface area contributed by atoms with Gasteiger partial charge in [0.2, 0.25) is 5.91 Å². The van der Waals surface area contributed by atoms with Gasteiger partial charge in [-0.25, -0.2) is 15.5 Å². The van der Waals surface area contributed by atoms with Crippen LogP contribution in [0.2, 0.25) is 0 Å². The van der Waals surface area contributed by atoms with Crippen molar-refractivity contribution in [3.05, 3.63) is 94.5 Å². The number of nitrogens with zero attached hydrogens (tertiary/aromatic N) is 1. The number of esters is 2. The van der Waals surface area contributed by atoms with Gasteiger partial charge in [-0.3, -0.25) is 24.6 Å². The molecule has 4 rings (SSSR count). The first-order valence-electron chi connectivity index (χ1n) is 18.5. The Labute approximate surface area is 331 Å². The summed E-state index contributed by atoms with van der Waals surface area (Å²) in [6.07, 6.45) is -1.78.